The van der Waals surface area contributed by atoms with Crippen molar-refractivity contribution in [3.63, 3.8) is 0 Å². The van der Waals surface area contributed by atoms with Gasteiger partial charge in [-0.25, -0.2) is 15.0 Å². The molecule has 0 radical (unpaired) electrons. The topological polar surface area (TPSA) is 91.3 Å². The van der Waals surface area contributed by atoms with Gasteiger partial charge in [0.1, 0.15) is 11.3 Å². The van der Waals surface area contributed by atoms with Crippen molar-refractivity contribution in [3.05, 3.63) is 36.8 Å². The molecule has 0 saturated carbocycles. The van der Waals surface area contributed by atoms with Gasteiger partial charge >= 0.3 is 0 Å². The van der Waals surface area contributed by atoms with Gasteiger partial charge in [0.25, 0.3) is 0 Å². The number of anilines is 2. The SMILES string of the molecule is CN1CC2CN(c3ccc(-c4cc5nccnc5c(NC[C@@H]5CNCCO5)n4)cn3)CC2C1.S. The van der Waals surface area contributed by atoms with Crippen molar-refractivity contribution in [1.82, 2.24) is 30.2 Å². The van der Waals surface area contributed by atoms with Gasteiger partial charge in [-0.2, -0.15) is 13.5 Å². The van der Waals surface area contributed by atoms with Crippen molar-refractivity contribution in [2.45, 2.75) is 6.10 Å². The molecule has 3 fully saturated rings. The Morgan fingerprint density at radius 2 is 1.91 bits per heavy atom. The Kier molecular flexibility index (Phi) is 6.82. The van der Waals surface area contributed by atoms with Crippen LogP contribution in [0, 0.1) is 11.8 Å². The molecule has 6 heterocycles. The summed E-state index contributed by atoms with van der Waals surface area (Å²) >= 11 is 0. The number of hydrogen-bond acceptors (Lipinski definition) is 9. The maximum Gasteiger partial charge on any atom is 0.154 e. The fourth-order valence-electron chi connectivity index (χ4n) is 5.34. The highest BCUT2D eigenvalue weighted by Crippen LogP contribution is 2.33. The Hall–Kier alpha value is -2.53. The lowest BCUT2D eigenvalue weighted by Crippen LogP contribution is -2.42. The average molecular weight is 481 g/mol. The molecule has 0 aliphatic carbocycles. The smallest absolute Gasteiger partial charge is 0.154 e. The molecule has 3 aliphatic rings. The summed E-state index contributed by atoms with van der Waals surface area (Å²) in [6, 6.07) is 6.22. The zero-order chi connectivity index (χ0) is 22.2. The number of nitrogens with one attached hydrogen (secondary N) is 2. The van der Waals surface area contributed by atoms with Crippen molar-refractivity contribution >= 4 is 36.2 Å². The van der Waals surface area contributed by atoms with Gasteiger partial charge in [0.05, 0.1) is 23.9 Å². The van der Waals surface area contributed by atoms with Crippen LogP contribution in [-0.4, -0.2) is 90.4 Å². The lowest BCUT2D eigenvalue weighted by atomic mass is 10.0. The Balaban J connectivity index is 0.00000241. The Bertz CT molecular complexity index is 1110. The van der Waals surface area contributed by atoms with Gasteiger partial charge in [0.2, 0.25) is 0 Å². The minimum absolute atomic E-state index is 0. The molecular formula is C24H32N8OS. The first-order valence-corrected chi connectivity index (χ1v) is 11.8. The van der Waals surface area contributed by atoms with Crippen molar-refractivity contribution < 1.29 is 4.74 Å². The van der Waals surface area contributed by atoms with E-state index < -0.39 is 0 Å². The highest BCUT2D eigenvalue weighted by atomic mass is 32.1. The minimum atomic E-state index is 0. The molecule has 3 aliphatic heterocycles. The van der Waals surface area contributed by atoms with Gasteiger partial charge < -0.3 is 25.2 Å². The molecule has 0 aromatic carbocycles. The maximum atomic E-state index is 5.82. The van der Waals surface area contributed by atoms with Crippen molar-refractivity contribution in [2.75, 3.05) is 69.7 Å². The van der Waals surface area contributed by atoms with Crippen LogP contribution >= 0.6 is 13.5 Å². The fourth-order valence-corrected chi connectivity index (χ4v) is 5.34. The van der Waals surface area contributed by atoms with Crippen LogP contribution in [0.5, 0.6) is 0 Å². The maximum absolute atomic E-state index is 5.82. The normalized spacial score (nSPS) is 24.7. The molecule has 0 bridgehead atoms. The molecule has 0 amide bonds. The van der Waals surface area contributed by atoms with Gasteiger partial charge in [-0.1, -0.05) is 0 Å². The number of fused-ring (bicyclic) bond motifs is 2. The summed E-state index contributed by atoms with van der Waals surface area (Å²) < 4.78 is 5.82. The molecule has 3 saturated heterocycles. The van der Waals surface area contributed by atoms with Crippen LogP contribution in [-0.2, 0) is 4.74 Å². The van der Waals surface area contributed by atoms with Gasteiger partial charge in [-0.05, 0) is 37.1 Å². The van der Waals surface area contributed by atoms with Crippen molar-refractivity contribution in [2.24, 2.45) is 11.8 Å². The van der Waals surface area contributed by atoms with E-state index in [-0.39, 0.29) is 19.6 Å². The van der Waals surface area contributed by atoms with Crippen LogP contribution < -0.4 is 15.5 Å². The van der Waals surface area contributed by atoms with Crippen molar-refractivity contribution in [1.29, 1.82) is 0 Å². The van der Waals surface area contributed by atoms with E-state index in [4.69, 9.17) is 14.7 Å². The number of nitrogens with zero attached hydrogens (tertiary/aromatic N) is 6. The van der Waals surface area contributed by atoms with Crippen LogP contribution in [0.2, 0.25) is 0 Å². The summed E-state index contributed by atoms with van der Waals surface area (Å²) in [6.07, 6.45) is 5.45. The summed E-state index contributed by atoms with van der Waals surface area (Å²) in [7, 11) is 2.22. The molecule has 10 heteroatoms. The van der Waals surface area contributed by atoms with Crippen LogP contribution in [0.3, 0.4) is 0 Å². The van der Waals surface area contributed by atoms with E-state index in [2.05, 4.69) is 49.6 Å². The number of ether oxygens (including phenoxy) is 1. The molecule has 2 N–H and O–H groups in total. The van der Waals surface area contributed by atoms with Crippen LogP contribution in [0.15, 0.2) is 36.8 Å². The fraction of sp³-hybridized carbons (Fsp3) is 0.500. The van der Waals surface area contributed by atoms with E-state index in [9.17, 15) is 0 Å². The van der Waals surface area contributed by atoms with Crippen molar-refractivity contribution in [3.8, 4) is 11.3 Å². The Morgan fingerprint density at radius 1 is 1.09 bits per heavy atom. The Labute approximate surface area is 206 Å². The molecule has 3 atom stereocenters. The number of pyridine rings is 2. The van der Waals surface area contributed by atoms with Crippen LogP contribution in [0.25, 0.3) is 22.3 Å². The van der Waals surface area contributed by atoms with E-state index >= 15 is 0 Å². The van der Waals surface area contributed by atoms with Gasteiger partial charge in [-0.15, -0.1) is 0 Å². The average Bonchev–Trinajstić information content (AvgIpc) is 3.41. The number of morpholine rings is 1. The van der Waals surface area contributed by atoms with E-state index in [0.717, 1.165) is 78.5 Å². The zero-order valence-electron chi connectivity index (χ0n) is 19.4. The van der Waals surface area contributed by atoms with Crippen LogP contribution in [0.4, 0.5) is 11.6 Å². The second-order valence-electron chi connectivity index (χ2n) is 9.41. The van der Waals surface area contributed by atoms with Gasteiger partial charge in [0, 0.05) is 70.0 Å². The monoisotopic (exact) mass is 480 g/mol. The summed E-state index contributed by atoms with van der Waals surface area (Å²) in [5.41, 5.74) is 3.40. The molecule has 180 valence electrons. The third-order valence-electron chi connectivity index (χ3n) is 6.99. The molecular weight excluding hydrogens is 448 g/mol. The van der Waals surface area contributed by atoms with E-state index in [1.807, 2.05) is 12.3 Å². The minimum Gasteiger partial charge on any atom is -0.374 e. The van der Waals surface area contributed by atoms with E-state index in [1.165, 1.54) is 13.1 Å². The molecule has 9 nitrogen and oxygen atoms in total. The molecule has 34 heavy (non-hydrogen) atoms. The molecule has 2 unspecified atom stereocenters. The summed E-state index contributed by atoms with van der Waals surface area (Å²) in [4.78, 5) is 23.6. The standard InChI is InChI=1S/C24H30N8O.H2S/c1-31-12-17-14-32(15-18(17)13-31)22-3-2-16(9-28-22)20-8-21-23(27-5-4-26-21)24(30-20)29-11-19-10-25-6-7-33-19;/h2-5,8-9,17-19,25H,6-7,10-15H2,1H3,(H,29,30);1H2/t17?,18?,19-;/m0./s1. The quantitative estimate of drug-likeness (QED) is 0.565. The zero-order valence-corrected chi connectivity index (χ0v) is 20.4. The Morgan fingerprint density at radius 3 is 2.65 bits per heavy atom. The number of hydrogen-bond donors (Lipinski definition) is 2. The van der Waals surface area contributed by atoms with E-state index in [0.29, 0.717) is 6.54 Å². The molecule has 3 aromatic heterocycles. The first-order valence-electron chi connectivity index (χ1n) is 11.8. The lowest BCUT2D eigenvalue weighted by molar-refractivity contribution is 0.0372. The predicted molar refractivity (Wildman–Crippen MR) is 139 cm³/mol. The molecule has 6 rings (SSSR count). The number of rotatable bonds is 5. The summed E-state index contributed by atoms with van der Waals surface area (Å²) in [5, 5.41) is 6.80. The first-order chi connectivity index (χ1) is 16.2. The second-order valence-corrected chi connectivity index (χ2v) is 9.41. The second kappa shape index (κ2) is 9.99. The number of aromatic nitrogens is 4. The summed E-state index contributed by atoms with van der Waals surface area (Å²) in [6.45, 7) is 7.70. The molecule has 3 aromatic rings. The highest BCUT2D eigenvalue weighted by molar-refractivity contribution is 7.59. The lowest BCUT2D eigenvalue weighted by Gasteiger charge is -2.24. The first kappa shape index (κ1) is 23.2. The largest absolute Gasteiger partial charge is 0.374 e. The van der Waals surface area contributed by atoms with Gasteiger partial charge in [0.15, 0.2) is 5.82 Å². The van der Waals surface area contributed by atoms with E-state index in [1.54, 1.807) is 12.4 Å². The molecule has 0 spiro atoms. The predicted octanol–water partition coefficient (Wildman–Crippen LogP) is 1.60. The third kappa shape index (κ3) is 4.68. The third-order valence-corrected chi connectivity index (χ3v) is 6.99. The van der Waals surface area contributed by atoms with Crippen LogP contribution in [0.1, 0.15) is 0 Å². The van der Waals surface area contributed by atoms with Gasteiger partial charge in [-0.3, -0.25) is 4.98 Å². The summed E-state index contributed by atoms with van der Waals surface area (Å²) in [5.74, 6) is 3.30. The number of likely N-dealkylation sites (tertiary alicyclic amines) is 1. The highest BCUT2D eigenvalue weighted by Gasteiger charge is 2.39.